The molecule has 0 radical (unpaired) electrons. The van der Waals surface area contributed by atoms with Crippen LogP contribution in [0.4, 0.5) is 5.69 Å². The lowest BCUT2D eigenvalue weighted by atomic mass is 9.98. The number of nitrogens with zero attached hydrogens (tertiary/aromatic N) is 1. The number of hydrogen-bond donors (Lipinski definition) is 2. The van der Waals surface area contributed by atoms with Crippen molar-refractivity contribution in [2.24, 2.45) is 0 Å². The van der Waals surface area contributed by atoms with Gasteiger partial charge in [-0.1, -0.05) is 88.1 Å². The molecule has 2 N–H and O–H groups in total. The summed E-state index contributed by atoms with van der Waals surface area (Å²) < 4.78 is 0. The molecule has 3 rings (SSSR count). The van der Waals surface area contributed by atoms with Gasteiger partial charge in [-0.05, 0) is 35.7 Å². The molecule has 1 aliphatic carbocycles. The summed E-state index contributed by atoms with van der Waals surface area (Å²) in [5.74, 6) is -0.275. The smallest absolute Gasteiger partial charge is 0.263 e. The summed E-state index contributed by atoms with van der Waals surface area (Å²) in [7, 11) is 0. The molecule has 1 fully saturated rings. The van der Waals surface area contributed by atoms with Crippen molar-refractivity contribution in [3.05, 3.63) is 54.2 Å². The van der Waals surface area contributed by atoms with Crippen LogP contribution in [0.2, 0.25) is 0 Å². The van der Waals surface area contributed by atoms with Gasteiger partial charge in [-0.3, -0.25) is 4.79 Å². The van der Waals surface area contributed by atoms with Gasteiger partial charge < -0.3 is 10.6 Å². The average molecular weight is 404 g/mol. The predicted octanol–water partition coefficient (Wildman–Crippen LogP) is 6.45. The van der Waals surface area contributed by atoms with E-state index in [-0.39, 0.29) is 17.5 Å². The van der Waals surface area contributed by atoms with Gasteiger partial charge in [0.2, 0.25) is 0 Å². The van der Waals surface area contributed by atoms with E-state index in [2.05, 4.69) is 22.8 Å². The average Bonchev–Trinajstić information content (AvgIpc) is 2.76. The standard InChI is InChI=1S/C26H33N3O/c27-19-23(20-28-25-17-16-21-12-10-11-13-22(21)18-25)26(30)29-24-14-8-6-4-2-1-3-5-7-9-15-24/h10-13,16-18,20,24,28H,1-9,14-15H2,(H,29,30)/b23-20-. The van der Waals surface area contributed by atoms with Gasteiger partial charge in [0.15, 0.2) is 0 Å². The molecule has 0 spiro atoms. The van der Waals surface area contributed by atoms with Crippen LogP contribution in [0.15, 0.2) is 54.2 Å². The molecule has 0 aliphatic heterocycles. The van der Waals surface area contributed by atoms with Crippen LogP contribution in [-0.4, -0.2) is 11.9 Å². The van der Waals surface area contributed by atoms with E-state index in [0.29, 0.717) is 0 Å². The molecule has 1 aliphatic rings. The molecule has 1 saturated carbocycles. The lowest BCUT2D eigenvalue weighted by Crippen LogP contribution is -2.35. The first-order valence-corrected chi connectivity index (χ1v) is 11.4. The van der Waals surface area contributed by atoms with E-state index in [1.165, 1.54) is 51.1 Å². The molecule has 0 unspecified atom stereocenters. The Morgan fingerprint density at radius 3 is 2.10 bits per heavy atom. The van der Waals surface area contributed by atoms with Crippen LogP contribution in [0, 0.1) is 11.3 Å². The Bertz CT molecular complexity index is 885. The Labute approximate surface area is 180 Å². The molecule has 158 valence electrons. The zero-order valence-electron chi connectivity index (χ0n) is 17.8. The predicted molar refractivity (Wildman–Crippen MR) is 124 cm³/mol. The summed E-state index contributed by atoms with van der Waals surface area (Å²) in [4.78, 5) is 12.7. The topological polar surface area (TPSA) is 64.9 Å². The maximum atomic E-state index is 12.7. The maximum Gasteiger partial charge on any atom is 0.263 e. The number of hydrogen-bond acceptors (Lipinski definition) is 3. The highest BCUT2D eigenvalue weighted by Crippen LogP contribution is 2.20. The van der Waals surface area contributed by atoms with Crippen molar-refractivity contribution in [1.82, 2.24) is 5.32 Å². The molecule has 0 aromatic heterocycles. The number of carbonyl (C=O) groups is 1. The van der Waals surface area contributed by atoms with Crippen LogP contribution < -0.4 is 10.6 Å². The van der Waals surface area contributed by atoms with Crippen LogP contribution in [0.25, 0.3) is 10.8 Å². The lowest BCUT2D eigenvalue weighted by molar-refractivity contribution is -0.117. The van der Waals surface area contributed by atoms with Gasteiger partial charge in [0.25, 0.3) is 5.91 Å². The lowest BCUT2D eigenvalue weighted by Gasteiger charge is -2.19. The minimum absolute atomic E-state index is 0.120. The summed E-state index contributed by atoms with van der Waals surface area (Å²) in [6, 6.07) is 16.3. The van der Waals surface area contributed by atoms with Gasteiger partial charge in [0, 0.05) is 17.9 Å². The fraction of sp³-hybridized carbons (Fsp3) is 0.462. The summed E-state index contributed by atoms with van der Waals surface area (Å²) in [6.45, 7) is 0. The number of amides is 1. The fourth-order valence-electron chi connectivity index (χ4n) is 4.15. The van der Waals surface area contributed by atoms with Gasteiger partial charge in [0.05, 0.1) is 0 Å². The maximum absolute atomic E-state index is 12.7. The van der Waals surface area contributed by atoms with Gasteiger partial charge in [-0.2, -0.15) is 5.26 Å². The monoisotopic (exact) mass is 403 g/mol. The first-order chi connectivity index (χ1) is 14.8. The van der Waals surface area contributed by atoms with Gasteiger partial charge in [0.1, 0.15) is 11.6 Å². The summed E-state index contributed by atoms with van der Waals surface area (Å²) >= 11 is 0. The molecule has 0 atom stereocenters. The van der Waals surface area contributed by atoms with Crippen molar-refractivity contribution >= 4 is 22.4 Å². The third-order valence-electron chi connectivity index (χ3n) is 5.94. The summed E-state index contributed by atoms with van der Waals surface area (Å²) in [5, 5.41) is 18.0. The number of carbonyl (C=O) groups excluding carboxylic acids is 1. The van der Waals surface area contributed by atoms with E-state index in [9.17, 15) is 10.1 Å². The second-order valence-electron chi connectivity index (χ2n) is 8.31. The van der Waals surface area contributed by atoms with Crippen LogP contribution in [0.5, 0.6) is 0 Å². The van der Waals surface area contributed by atoms with Gasteiger partial charge in [-0.25, -0.2) is 0 Å². The number of nitriles is 1. The molecule has 1 amide bonds. The molecular formula is C26H33N3O. The molecule has 0 saturated heterocycles. The largest absolute Gasteiger partial charge is 0.360 e. The van der Waals surface area contributed by atoms with Gasteiger partial charge >= 0.3 is 0 Å². The number of benzene rings is 2. The third-order valence-corrected chi connectivity index (χ3v) is 5.94. The van der Waals surface area contributed by atoms with E-state index in [0.717, 1.165) is 42.1 Å². The number of anilines is 1. The van der Waals surface area contributed by atoms with Crippen LogP contribution in [-0.2, 0) is 4.79 Å². The van der Waals surface area contributed by atoms with Crippen molar-refractivity contribution in [2.75, 3.05) is 5.32 Å². The molecule has 2 aromatic carbocycles. The quantitative estimate of drug-likeness (QED) is 0.455. The molecular weight excluding hydrogens is 370 g/mol. The number of fused-ring (bicyclic) bond motifs is 1. The highest BCUT2D eigenvalue weighted by molar-refractivity contribution is 5.97. The minimum atomic E-state index is -0.275. The summed E-state index contributed by atoms with van der Waals surface area (Å²) in [5.41, 5.74) is 0.981. The van der Waals surface area contributed by atoms with E-state index in [1.807, 2.05) is 36.4 Å². The second-order valence-corrected chi connectivity index (χ2v) is 8.31. The summed E-state index contributed by atoms with van der Waals surface area (Å²) in [6.07, 6.45) is 14.9. The van der Waals surface area contributed by atoms with E-state index >= 15 is 0 Å². The highest BCUT2D eigenvalue weighted by atomic mass is 16.1. The van der Waals surface area contributed by atoms with E-state index in [1.54, 1.807) is 0 Å². The normalized spacial score (nSPS) is 17.4. The SMILES string of the molecule is N#C/C(=C/Nc1ccc2ccccc2c1)C(=O)NC1CCCCCCCCCCC1. The molecule has 0 bridgehead atoms. The highest BCUT2D eigenvalue weighted by Gasteiger charge is 2.16. The fourth-order valence-corrected chi connectivity index (χ4v) is 4.15. The Kier molecular flexibility index (Phi) is 8.78. The Morgan fingerprint density at radius 2 is 1.47 bits per heavy atom. The zero-order valence-corrected chi connectivity index (χ0v) is 17.8. The molecule has 30 heavy (non-hydrogen) atoms. The molecule has 0 heterocycles. The Hall–Kier alpha value is -2.80. The van der Waals surface area contributed by atoms with Crippen molar-refractivity contribution in [1.29, 1.82) is 5.26 Å². The number of nitrogens with one attached hydrogen (secondary N) is 2. The van der Waals surface area contributed by atoms with Crippen molar-refractivity contribution < 1.29 is 4.79 Å². The van der Waals surface area contributed by atoms with Crippen LogP contribution >= 0.6 is 0 Å². The first kappa shape index (κ1) is 21.9. The number of rotatable bonds is 4. The van der Waals surface area contributed by atoms with Crippen LogP contribution in [0.3, 0.4) is 0 Å². The van der Waals surface area contributed by atoms with Crippen molar-refractivity contribution in [3.8, 4) is 6.07 Å². The van der Waals surface area contributed by atoms with E-state index < -0.39 is 0 Å². The molecule has 4 heteroatoms. The molecule has 2 aromatic rings. The van der Waals surface area contributed by atoms with Crippen molar-refractivity contribution in [3.63, 3.8) is 0 Å². The Balaban J connectivity index is 1.59. The second kappa shape index (κ2) is 12.0. The minimum Gasteiger partial charge on any atom is -0.360 e. The van der Waals surface area contributed by atoms with Gasteiger partial charge in [-0.15, -0.1) is 0 Å². The first-order valence-electron chi connectivity index (χ1n) is 11.4. The zero-order chi connectivity index (χ0) is 21.0. The van der Waals surface area contributed by atoms with E-state index in [4.69, 9.17) is 0 Å². The molecule has 4 nitrogen and oxygen atoms in total. The van der Waals surface area contributed by atoms with Crippen LogP contribution in [0.1, 0.15) is 70.6 Å². The van der Waals surface area contributed by atoms with Crippen molar-refractivity contribution in [2.45, 2.75) is 76.7 Å². The third kappa shape index (κ3) is 6.91. The Morgan fingerprint density at radius 1 is 0.867 bits per heavy atom.